The lowest BCUT2D eigenvalue weighted by atomic mass is 10.1. The Balaban J connectivity index is 1.72. The van der Waals surface area contributed by atoms with Crippen molar-refractivity contribution < 1.29 is 4.79 Å². The number of amides is 1. The Morgan fingerprint density at radius 3 is 2.57 bits per heavy atom. The predicted molar refractivity (Wildman–Crippen MR) is 128 cm³/mol. The fourth-order valence-electron chi connectivity index (χ4n) is 3.15. The highest BCUT2D eigenvalue weighted by Gasteiger charge is 2.31. The summed E-state index contributed by atoms with van der Waals surface area (Å²) in [6, 6.07) is 17.6. The van der Waals surface area contributed by atoms with Crippen LogP contribution in [0.1, 0.15) is 11.1 Å². The van der Waals surface area contributed by atoms with Gasteiger partial charge in [0.2, 0.25) is 0 Å². The van der Waals surface area contributed by atoms with Crippen molar-refractivity contribution in [2.24, 2.45) is 0 Å². The van der Waals surface area contributed by atoms with Gasteiger partial charge in [-0.05, 0) is 23.8 Å². The smallest absolute Gasteiger partial charge is 0.266 e. The summed E-state index contributed by atoms with van der Waals surface area (Å²) in [5.74, 6) is -0.102. The first-order valence-electron chi connectivity index (χ1n) is 9.29. The maximum absolute atomic E-state index is 12.7. The van der Waals surface area contributed by atoms with Crippen molar-refractivity contribution in [2.45, 2.75) is 6.54 Å². The summed E-state index contributed by atoms with van der Waals surface area (Å²) in [6.07, 6.45) is 5.50. The molecule has 4 rings (SSSR count). The van der Waals surface area contributed by atoms with Gasteiger partial charge in [0.1, 0.15) is 4.32 Å². The minimum Gasteiger partial charge on any atom is -0.289 e. The van der Waals surface area contributed by atoms with Crippen LogP contribution in [0.5, 0.6) is 0 Å². The Labute approximate surface area is 189 Å². The highest BCUT2D eigenvalue weighted by Crippen LogP contribution is 2.34. The second-order valence-electron chi connectivity index (χ2n) is 6.70. The van der Waals surface area contributed by atoms with Crippen LogP contribution in [-0.2, 0) is 11.3 Å². The molecule has 4 nitrogen and oxygen atoms in total. The normalized spacial score (nSPS) is 15.2. The molecule has 0 N–H and O–H groups in total. The maximum Gasteiger partial charge on any atom is 0.266 e. The van der Waals surface area contributed by atoms with Crippen LogP contribution in [0.15, 0.2) is 78.4 Å². The molecular formula is C23H18ClN3OS2. The lowest BCUT2D eigenvalue weighted by Gasteiger charge is -2.10. The minimum atomic E-state index is -0.102. The summed E-state index contributed by atoms with van der Waals surface area (Å²) >= 11 is 12.7. The maximum atomic E-state index is 12.7. The molecule has 0 spiro atoms. The van der Waals surface area contributed by atoms with Crippen molar-refractivity contribution in [1.29, 1.82) is 0 Å². The Kier molecular flexibility index (Phi) is 6.18. The van der Waals surface area contributed by atoms with E-state index in [0.717, 1.165) is 22.4 Å². The number of carbonyl (C=O) groups is 1. The molecule has 150 valence electrons. The quantitative estimate of drug-likeness (QED) is 0.276. The van der Waals surface area contributed by atoms with Crippen LogP contribution in [-0.4, -0.2) is 31.5 Å². The van der Waals surface area contributed by atoms with E-state index >= 15 is 0 Å². The first-order valence-corrected chi connectivity index (χ1v) is 10.9. The molecule has 1 saturated heterocycles. The second-order valence-corrected chi connectivity index (χ2v) is 8.82. The number of carbonyl (C=O) groups excluding carboxylic acids is 1. The highest BCUT2D eigenvalue weighted by molar-refractivity contribution is 8.26. The third kappa shape index (κ3) is 4.41. The van der Waals surface area contributed by atoms with Gasteiger partial charge >= 0.3 is 0 Å². The van der Waals surface area contributed by atoms with Crippen LogP contribution in [0.4, 0.5) is 0 Å². The molecule has 1 amide bonds. The van der Waals surface area contributed by atoms with Gasteiger partial charge in [-0.2, -0.15) is 5.10 Å². The van der Waals surface area contributed by atoms with Gasteiger partial charge in [-0.1, -0.05) is 84.1 Å². The summed E-state index contributed by atoms with van der Waals surface area (Å²) in [5, 5.41) is 5.50. The molecule has 1 aromatic heterocycles. The number of rotatable bonds is 6. The van der Waals surface area contributed by atoms with Crippen LogP contribution in [0.3, 0.4) is 0 Å². The van der Waals surface area contributed by atoms with E-state index in [4.69, 9.17) is 28.9 Å². The summed E-state index contributed by atoms with van der Waals surface area (Å²) in [6.45, 7) is 4.71. The monoisotopic (exact) mass is 451 g/mol. The molecule has 2 aromatic carbocycles. The van der Waals surface area contributed by atoms with E-state index in [1.807, 2.05) is 71.6 Å². The lowest BCUT2D eigenvalue weighted by Crippen LogP contribution is -2.27. The van der Waals surface area contributed by atoms with Gasteiger partial charge in [0.25, 0.3) is 5.91 Å². The van der Waals surface area contributed by atoms with E-state index in [1.54, 1.807) is 11.0 Å². The molecule has 0 bridgehead atoms. The molecule has 0 saturated carbocycles. The minimum absolute atomic E-state index is 0.102. The first kappa shape index (κ1) is 20.6. The SMILES string of the molecule is C=CCN1C(=O)/C(=C\c2cn(Cc3ccc(Cl)cc3)nc2-c2ccccc2)SC1=S. The van der Waals surface area contributed by atoms with Crippen molar-refractivity contribution in [3.05, 3.63) is 94.5 Å². The van der Waals surface area contributed by atoms with E-state index in [9.17, 15) is 4.79 Å². The zero-order valence-corrected chi connectivity index (χ0v) is 18.4. The van der Waals surface area contributed by atoms with E-state index in [1.165, 1.54) is 11.8 Å². The molecule has 1 aliphatic heterocycles. The van der Waals surface area contributed by atoms with Crippen LogP contribution in [0, 0.1) is 0 Å². The van der Waals surface area contributed by atoms with E-state index in [2.05, 4.69) is 6.58 Å². The Hall–Kier alpha value is -2.67. The van der Waals surface area contributed by atoms with Crippen LogP contribution < -0.4 is 0 Å². The fourth-order valence-corrected chi connectivity index (χ4v) is 4.54. The van der Waals surface area contributed by atoms with Crippen molar-refractivity contribution in [3.8, 4) is 11.3 Å². The Morgan fingerprint density at radius 2 is 1.87 bits per heavy atom. The highest BCUT2D eigenvalue weighted by atomic mass is 35.5. The molecule has 7 heteroatoms. The van der Waals surface area contributed by atoms with Gasteiger partial charge in [-0.3, -0.25) is 14.4 Å². The van der Waals surface area contributed by atoms with Gasteiger partial charge in [0, 0.05) is 28.9 Å². The summed E-state index contributed by atoms with van der Waals surface area (Å²) in [7, 11) is 0. The van der Waals surface area contributed by atoms with Crippen LogP contribution in [0.2, 0.25) is 5.02 Å². The number of thioether (sulfide) groups is 1. The van der Waals surface area contributed by atoms with E-state index < -0.39 is 0 Å². The predicted octanol–water partition coefficient (Wildman–Crippen LogP) is 5.64. The molecule has 0 unspecified atom stereocenters. The number of benzene rings is 2. The van der Waals surface area contributed by atoms with E-state index in [0.29, 0.717) is 27.3 Å². The molecule has 2 heterocycles. The Morgan fingerprint density at radius 1 is 1.13 bits per heavy atom. The molecule has 0 aliphatic carbocycles. The van der Waals surface area contributed by atoms with Crippen LogP contribution in [0.25, 0.3) is 17.3 Å². The molecule has 30 heavy (non-hydrogen) atoms. The molecule has 1 aliphatic rings. The summed E-state index contributed by atoms with van der Waals surface area (Å²) in [4.78, 5) is 14.9. The number of halogens is 1. The largest absolute Gasteiger partial charge is 0.289 e. The van der Waals surface area contributed by atoms with Gasteiger partial charge in [0.05, 0.1) is 17.1 Å². The fraction of sp³-hybridized carbons (Fsp3) is 0.0870. The Bertz CT molecular complexity index is 1140. The molecular weight excluding hydrogens is 434 g/mol. The average Bonchev–Trinajstić information content (AvgIpc) is 3.26. The van der Waals surface area contributed by atoms with Gasteiger partial charge in [-0.25, -0.2) is 0 Å². The molecule has 0 atom stereocenters. The molecule has 1 fully saturated rings. The third-order valence-corrected chi connectivity index (χ3v) is 6.20. The number of thiocarbonyl (C=S) groups is 1. The van der Waals surface area contributed by atoms with E-state index in [-0.39, 0.29) is 5.91 Å². The zero-order valence-electron chi connectivity index (χ0n) is 16.0. The summed E-state index contributed by atoms with van der Waals surface area (Å²) < 4.78 is 2.42. The topological polar surface area (TPSA) is 38.1 Å². The average molecular weight is 452 g/mol. The van der Waals surface area contributed by atoms with Crippen molar-refractivity contribution in [2.75, 3.05) is 6.54 Å². The standard InChI is InChI=1S/C23H18ClN3OS2/c1-2-12-27-22(28)20(30-23(27)29)13-18-15-26(14-16-8-10-19(24)11-9-16)25-21(18)17-6-4-3-5-7-17/h2-11,13,15H,1,12,14H2/b20-13+. The number of hydrogen-bond acceptors (Lipinski definition) is 4. The lowest BCUT2D eigenvalue weighted by molar-refractivity contribution is -0.121. The van der Waals surface area contributed by atoms with Crippen LogP contribution >= 0.6 is 35.6 Å². The first-order chi connectivity index (χ1) is 14.5. The van der Waals surface area contributed by atoms with Crippen molar-refractivity contribution in [1.82, 2.24) is 14.7 Å². The third-order valence-electron chi connectivity index (χ3n) is 4.57. The van der Waals surface area contributed by atoms with Gasteiger partial charge in [-0.15, -0.1) is 6.58 Å². The van der Waals surface area contributed by atoms with Crippen molar-refractivity contribution >= 4 is 51.9 Å². The summed E-state index contributed by atoms with van der Waals surface area (Å²) in [5.41, 5.74) is 3.76. The molecule has 0 radical (unpaired) electrons. The molecule has 3 aromatic rings. The number of aromatic nitrogens is 2. The number of nitrogens with zero attached hydrogens (tertiary/aromatic N) is 3. The van der Waals surface area contributed by atoms with Crippen molar-refractivity contribution in [3.63, 3.8) is 0 Å². The van der Waals surface area contributed by atoms with Gasteiger partial charge in [0.15, 0.2) is 0 Å². The van der Waals surface area contributed by atoms with Gasteiger partial charge < -0.3 is 0 Å². The zero-order chi connectivity index (χ0) is 21.1. The second kappa shape index (κ2) is 9.00. The number of hydrogen-bond donors (Lipinski definition) is 0.